The number of aliphatic hydroxyl groups excluding tert-OH is 1. The average Bonchev–Trinajstić information content (AvgIpc) is 3.79. The van der Waals surface area contributed by atoms with Gasteiger partial charge in [-0.05, 0) is 53.1 Å². The molecule has 1 aliphatic heterocycles. The van der Waals surface area contributed by atoms with E-state index in [0.717, 1.165) is 16.7 Å². The lowest BCUT2D eigenvalue weighted by Crippen LogP contribution is -2.38. The number of carbonyl (C=O) groups is 1. The van der Waals surface area contributed by atoms with Gasteiger partial charge in [0.15, 0.2) is 23.6 Å². The zero-order chi connectivity index (χ0) is 35.2. The van der Waals surface area contributed by atoms with Crippen LogP contribution in [0.4, 0.5) is 5.82 Å². The molecule has 0 spiro atoms. The SMILES string of the molecule is COc1ccc(C(OC[C@H]2O[C@@H](n3cnc4c(NC(=O)COc5ccccc5)ncnc43)C[C@@H]2O)(c2ccccc2)c2cccc(OC)c2)cc1. The third kappa shape index (κ3) is 6.97. The Balaban J connectivity index is 1.14. The number of nitrogens with zero attached hydrogens (tertiary/aromatic N) is 4. The van der Waals surface area contributed by atoms with E-state index in [-0.39, 0.29) is 25.5 Å². The minimum atomic E-state index is -1.10. The van der Waals surface area contributed by atoms with Gasteiger partial charge in [-0.15, -0.1) is 0 Å². The highest BCUT2D eigenvalue weighted by molar-refractivity contribution is 5.97. The number of nitrogens with one attached hydrogen (secondary N) is 1. The van der Waals surface area contributed by atoms with Crippen LogP contribution in [0.25, 0.3) is 11.2 Å². The van der Waals surface area contributed by atoms with E-state index in [0.29, 0.717) is 28.4 Å². The topological polar surface area (TPSA) is 139 Å². The number of rotatable bonds is 13. The smallest absolute Gasteiger partial charge is 0.263 e. The first-order chi connectivity index (χ1) is 25.0. The fourth-order valence-electron chi connectivity index (χ4n) is 6.32. The van der Waals surface area contributed by atoms with Crippen molar-refractivity contribution in [2.45, 2.75) is 30.5 Å². The minimum absolute atomic E-state index is 0.0418. The van der Waals surface area contributed by atoms with E-state index in [9.17, 15) is 9.90 Å². The van der Waals surface area contributed by atoms with Crippen molar-refractivity contribution in [1.29, 1.82) is 0 Å². The van der Waals surface area contributed by atoms with Crippen molar-refractivity contribution in [2.75, 3.05) is 32.8 Å². The second-order valence-corrected chi connectivity index (χ2v) is 11.9. The molecule has 2 aromatic heterocycles. The summed E-state index contributed by atoms with van der Waals surface area (Å²) < 4.78 is 31.8. The Hall–Kier alpha value is -5.82. The van der Waals surface area contributed by atoms with Crippen LogP contribution in [-0.2, 0) is 19.9 Å². The van der Waals surface area contributed by atoms with Crippen LogP contribution in [0.3, 0.4) is 0 Å². The van der Waals surface area contributed by atoms with Gasteiger partial charge in [-0.3, -0.25) is 9.36 Å². The summed E-state index contributed by atoms with van der Waals surface area (Å²) >= 11 is 0. The molecule has 1 aliphatic rings. The Labute approximate surface area is 294 Å². The van der Waals surface area contributed by atoms with Crippen molar-refractivity contribution in [2.24, 2.45) is 0 Å². The van der Waals surface area contributed by atoms with Gasteiger partial charge < -0.3 is 34.1 Å². The molecule has 12 nitrogen and oxygen atoms in total. The number of anilines is 1. The number of carbonyl (C=O) groups excluding carboxylic acids is 1. The van der Waals surface area contributed by atoms with Crippen LogP contribution in [-0.4, -0.2) is 70.2 Å². The molecule has 1 amide bonds. The molecule has 0 radical (unpaired) electrons. The fourth-order valence-corrected chi connectivity index (χ4v) is 6.32. The Morgan fingerprint density at radius 1 is 0.843 bits per heavy atom. The average molecular weight is 688 g/mol. The van der Waals surface area contributed by atoms with Crippen molar-refractivity contribution in [3.8, 4) is 17.2 Å². The van der Waals surface area contributed by atoms with Crippen molar-refractivity contribution in [3.63, 3.8) is 0 Å². The number of fused-ring (bicyclic) bond motifs is 1. The highest BCUT2D eigenvalue weighted by Gasteiger charge is 2.42. The van der Waals surface area contributed by atoms with Crippen LogP contribution in [0.1, 0.15) is 29.3 Å². The quantitative estimate of drug-likeness (QED) is 0.149. The maximum absolute atomic E-state index is 12.7. The number of amides is 1. The van der Waals surface area contributed by atoms with Crippen LogP contribution < -0.4 is 19.5 Å². The van der Waals surface area contributed by atoms with Crippen LogP contribution in [0.5, 0.6) is 17.2 Å². The van der Waals surface area contributed by atoms with Gasteiger partial charge in [0.1, 0.15) is 41.5 Å². The molecule has 7 rings (SSSR count). The van der Waals surface area contributed by atoms with Gasteiger partial charge in [-0.25, -0.2) is 15.0 Å². The number of methoxy groups -OCH3 is 2. The Morgan fingerprint density at radius 3 is 2.27 bits per heavy atom. The first kappa shape index (κ1) is 33.7. The predicted molar refractivity (Wildman–Crippen MR) is 189 cm³/mol. The summed E-state index contributed by atoms with van der Waals surface area (Å²) in [6, 6.07) is 34.5. The molecule has 12 heteroatoms. The summed E-state index contributed by atoms with van der Waals surface area (Å²) in [7, 11) is 3.25. The maximum Gasteiger partial charge on any atom is 0.263 e. The highest BCUT2D eigenvalue weighted by Crippen LogP contribution is 2.43. The molecular weight excluding hydrogens is 650 g/mol. The second-order valence-electron chi connectivity index (χ2n) is 11.9. The van der Waals surface area contributed by atoms with Gasteiger partial charge in [-0.2, -0.15) is 0 Å². The number of ether oxygens (including phenoxy) is 5. The summed E-state index contributed by atoms with van der Waals surface area (Å²) in [6.07, 6.45) is 1.00. The summed E-state index contributed by atoms with van der Waals surface area (Å²) in [5, 5.41) is 14.1. The maximum atomic E-state index is 12.7. The van der Waals surface area contributed by atoms with Crippen LogP contribution in [0.15, 0.2) is 122 Å². The summed E-state index contributed by atoms with van der Waals surface area (Å²) in [4.78, 5) is 25.8. The van der Waals surface area contributed by atoms with E-state index in [2.05, 4.69) is 20.3 Å². The monoisotopic (exact) mass is 687 g/mol. The first-order valence-corrected chi connectivity index (χ1v) is 16.5. The van der Waals surface area contributed by atoms with Gasteiger partial charge in [0.05, 0.1) is 33.3 Å². The third-order valence-corrected chi connectivity index (χ3v) is 8.86. The number of imidazole rings is 1. The molecule has 4 aromatic carbocycles. The molecule has 3 heterocycles. The Kier molecular flexibility index (Phi) is 9.88. The third-order valence-electron chi connectivity index (χ3n) is 8.86. The van der Waals surface area contributed by atoms with Gasteiger partial charge in [0.25, 0.3) is 5.91 Å². The molecule has 0 bridgehead atoms. The number of para-hydroxylation sites is 1. The molecule has 260 valence electrons. The first-order valence-electron chi connectivity index (χ1n) is 16.5. The minimum Gasteiger partial charge on any atom is -0.497 e. The lowest BCUT2D eigenvalue weighted by Gasteiger charge is -2.37. The van der Waals surface area contributed by atoms with E-state index in [1.54, 1.807) is 37.2 Å². The van der Waals surface area contributed by atoms with Crippen molar-refractivity contribution in [1.82, 2.24) is 19.5 Å². The van der Waals surface area contributed by atoms with Gasteiger partial charge in [0, 0.05) is 6.42 Å². The number of aromatic nitrogens is 4. The molecule has 4 atom stereocenters. The molecule has 6 aromatic rings. The highest BCUT2D eigenvalue weighted by atomic mass is 16.6. The number of hydrogen-bond donors (Lipinski definition) is 2. The summed E-state index contributed by atoms with van der Waals surface area (Å²) in [5.41, 5.74) is 2.29. The molecule has 2 N–H and O–H groups in total. The summed E-state index contributed by atoms with van der Waals surface area (Å²) in [5.74, 6) is 1.81. The number of aliphatic hydroxyl groups is 1. The molecule has 1 fully saturated rings. The Morgan fingerprint density at radius 2 is 1.53 bits per heavy atom. The van der Waals surface area contributed by atoms with Gasteiger partial charge in [-0.1, -0.05) is 72.8 Å². The van der Waals surface area contributed by atoms with E-state index in [1.165, 1.54) is 6.33 Å². The lowest BCUT2D eigenvalue weighted by molar-refractivity contribution is -0.118. The van der Waals surface area contributed by atoms with E-state index >= 15 is 0 Å². The molecule has 1 saturated heterocycles. The summed E-state index contributed by atoms with van der Waals surface area (Å²) in [6.45, 7) is -0.160. The molecule has 1 unspecified atom stereocenters. The molecule has 0 aliphatic carbocycles. The molecule has 51 heavy (non-hydrogen) atoms. The zero-order valence-electron chi connectivity index (χ0n) is 28.1. The second kappa shape index (κ2) is 15.0. The van der Waals surface area contributed by atoms with Crippen molar-refractivity contribution in [3.05, 3.63) is 139 Å². The van der Waals surface area contributed by atoms with Crippen molar-refractivity contribution < 1.29 is 33.6 Å². The van der Waals surface area contributed by atoms with Crippen LogP contribution in [0, 0.1) is 0 Å². The predicted octanol–water partition coefficient (Wildman–Crippen LogP) is 5.52. The van der Waals surface area contributed by atoms with Gasteiger partial charge in [0.2, 0.25) is 0 Å². The van der Waals surface area contributed by atoms with E-state index < -0.39 is 29.9 Å². The number of benzene rings is 4. The zero-order valence-corrected chi connectivity index (χ0v) is 28.1. The Bertz CT molecular complexity index is 2080. The van der Waals surface area contributed by atoms with E-state index in [4.69, 9.17) is 23.7 Å². The lowest BCUT2D eigenvalue weighted by atomic mass is 9.80. The van der Waals surface area contributed by atoms with Crippen molar-refractivity contribution >= 4 is 22.9 Å². The van der Waals surface area contributed by atoms with Gasteiger partial charge >= 0.3 is 0 Å². The molecular formula is C39H37N5O7. The van der Waals surface area contributed by atoms with Crippen LogP contribution >= 0.6 is 0 Å². The van der Waals surface area contributed by atoms with Crippen LogP contribution in [0.2, 0.25) is 0 Å². The number of hydrogen-bond acceptors (Lipinski definition) is 10. The largest absolute Gasteiger partial charge is 0.497 e. The normalized spacial score (nSPS) is 18.2. The fraction of sp³-hybridized carbons (Fsp3) is 0.231. The molecule has 0 saturated carbocycles. The van der Waals surface area contributed by atoms with E-state index in [1.807, 2.05) is 97.1 Å². The standard InChI is InChI=1S/C39H37N5O7/c1-47-29-18-16-27(17-19-29)39(26-10-5-3-6-11-26,28-12-9-15-31(20-28)48-2)50-22-33-32(45)21-35(51-33)44-25-42-36-37(40-24-41-38(36)44)43-34(46)23-49-30-13-7-4-8-14-30/h3-20,24-25,32-33,35,45H,21-23H2,1-2H3,(H,40,41,43,46)/t32-,33+,35+,39?/m0/s1.